The molecule has 1 heterocycles. The fraction of sp³-hybridized carbons (Fsp3) is 0.556. The Labute approximate surface area is 83.1 Å². The van der Waals surface area contributed by atoms with Crippen molar-refractivity contribution in [1.82, 2.24) is 15.5 Å². The van der Waals surface area contributed by atoms with Gasteiger partial charge < -0.3 is 11.1 Å². The first kappa shape index (κ1) is 10.6. The van der Waals surface area contributed by atoms with Gasteiger partial charge in [-0.05, 0) is 27.7 Å². The standard InChI is InChI=1S/C9H16N4O/c1-5-6(10)7(13-12-5)8(14)11-9(2,3)4/h10H2,1-4H3,(H,11,14)(H,12,13). The van der Waals surface area contributed by atoms with Crippen LogP contribution >= 0.6 is 0 Å². The second-order valence-corrected chi connectivity index (χ2v) is 4.32. The highest BCUT2D eigenvalue weighted by Gasteiger charge is 2.20. The normalized spacial score (nSPS) is 11.4. The molecule has 0 radical (unpaired) electrons. The molecule has 5 nitrogen and oxygen atoms in total. The first-order valence-electron chi connectivity index (χ1n) is 4.44. The zero-order valence-corrected chi connectivity index (χ0v) is 8.93. The summed E-state index contributed by atoms with van der Waals surface area (Å²) in [6.07, 6.45) is 0. The fourth-order valence-electron chi connectivity index (χ4n) is 1.01. The number of aryl methyl sites for hydroxylation is 1. The third kappa shape index (κ3) is 2.25. The van der Waals surface area contributed by atoms with Crippen molar-refractivity contribution in [1.29, 1.82) is 0 Å². The lowest BCUT2D eigenvalue weighted by atomic mass is 10.1. The summed E-state index contributed by atoms with van der Waals surface area (Å²) in [5.74, 6) is -0.251. The van der Waals surface area contributed by atoms with E-state index in [1.165, 1.54) is 0 Å². The van der Waals surface area contributed by atoms with E-state index in [1.807, 2.05) is 20.8 Å². The number of nitrogens with zero attached hydrogens (tertiary/aromatic N) is 1. The molecular weight excluding hydrogens is 180 g/mol. The zero-order valence-electron chi connectivity index (χ0n) is 8.93. The van der Waals surface area contributed by atoms with Gasteiger partial charge >= 0.3 is 0 Å². The van der Waals surface area contributed by atoms with E-state index in [0.717, 1.165) is 0 Å². The SMILES string of the molecule is Cc1[nH]nc(C(=O)NC(C)(C)C)c1N. The number of hydrogen-bond acceptors (Lipinski definition) is 3. The average Bonchev–Trinajstić information content (AvgIpc) is 2.29. The molecule has 0 aromatic carbocycles. The van der Waals surface area contributed by atoms with Crippen molar-refractivity contribution < 1.29 is 4.79 Å². The lowest BCUT2D eigenvalue weighted by Gasteiger charge is -2.19. The number of amides is 1. The minimum Gasteiger partial charge on any atom is -0.395 e. The maximum Gasteiger partial charge on any atom is 0.274 e. The summed E-state index contributed by atoms with van der Waals surface area (Å²) in [6, 6.07) is 0. The molecule has 0 spiro atoms. The molecule has 0 saturated heterocycles. The number of carbonyl (C=O) groups excluding carboxylic acids is 1. The van der Waals surface area contributed by atoms with Crippen molar-refractivity contribution in [2.75, 3.05) is 5.73 Å². The Bertz CT molecular complexity index is 348. The number of hydrogen-bond donors (Lipinski definition) is 3. The molecule has 0 aliphatic heterocycles. The lowest BCUT2D eigenvalue weighted by Crippen LogP contribution is -2.41. The van der Waals surface area contributed by atoms with Crippen molar-refractivity contribution in [2.24, 2.45) is 0 Å². The van der Waals surface area contributed by atoms with Gasteiger partial charge in [0.05, 0.1) is 11.4 Å². The van der Waals surface area contributed by atoms with Crippen LogP contribution in [0.15, 0.2) is 0 Å². The highest BCUT2D eigenvalue weighted by molar-refractivity contribution is 5.97. The molecule has 1 rings (SSSR count). The van der Waals surface area contributed by atoms with Gasteiger partial charge in [-0.1, -0.05) is 0 Å². The molecule has 0 unspecified atom stereocenters. The number of aromatic amines is 1. The molecule has 1 amide bonds. The Balaban J connectivity index is 2.86. The molecule has 14 heavy (non-hydrogen) atoms. The van der Waals surface area contributed by atoms with Crippen LogP contribution in [0, 0.1) is 6.92 Å². The van der Waals surface area contributed by atoms with E-state index in [4.69, 9.17) is 5.73 Å². The molecule has 5 heteroatoms. The number of aromatic nitrogens is 2. The molecule has 0 bridgehead atoms. The number of nitrogen functional groups attached to an aromatic ring is 1. The first-order valence-corrected chi connectivity index (χ1v) is 4.44. The van der Waals surface area contributed by atoms with Crippen molar-refractivity contribution in [3.63, 3.8) is 0 Å². The number of H-pyrrole nitrogens is 1. The minimum absolute atomic E-state index is 0.251. The number of carbonyl (C=O) groups is 1. The highest BCUT2D eigenvalue weighted by atomic mass is 16.2. The highest BCUT2D eigenvalue weighted by Crippen LogP contribution is 2.13. The summed E-state index contributed by atoms with van der Waals surface area (Å²) >= 11 is 0. The van der Waals surface area contributed by atoms with E-state index in [-0.39, 0.29) is 17.1 Å². The van der Waals surface area contributed by atoms with E-state index < -0.39 is 0 Å². The molecule has 4 N–H and O–H groups in total. The molecule has 0 fully saturated rings. The predicted octanol–water partition coefficient (Wildman–Crippen LogP) is 0.829. The van der Waals surface area contributed by atoms with E-state index in [0.29, 0.717) is 11.4 Å². The van der Waals surface area contributed by atoms with Crippen LogP contribution in [0.2, 0.25) is 0 Å². The topological polar surface area (TPSA) is 83.8 Å². The monoisotopic (exact) mass is 196 g/mol. The Morgan fingerprint density at radius 3 is 2.43 bits per heavy atom. The molecule has 1 aromatic rings. The molecule has 1 aromatic heterocycles. The van der Waals surface area contributed by atoms with E-state index in [9.17, 15) is 4.79 Å². The Morgan fingerprint density at radius 1 is 1.50 bits per heavy atom. The van der Waals surface area contributed by atoms with Crippen LogP contribution < -0.4 is 11.1 Å². The van der Waals surface area contributed by atoms with Crippen LogP contribution in [-0.2, 0) is 0 Å². The first-order chi connectivity index (χ1) is 6.31. The van der Waals surface area contributed by atoms with Gasteiger partial charge in [0.15, 0.2) is 5.69 Å². The maximum atomic E-state index is 11.6. The number of anilines is 1. The van der Waals surface area contributed by atoms with Crippen LogP contribution in [0.1, 0.15) is 37.0 Å². The number of rotatable bonds is 1. The summed E-state index contributed by atoms with van der Waals surface area (Å²) in [4.78, 5) is 11.6. The van der Waals surface area contributed by atoms with Crippen LogP contribution in [0.4, 0.5) is 5.69 Å². The second-order valence-electron chi connectivity index (χ2n) is 4.32. The smallest absolute Gasteiger partial charge is 0.274 e. The Morgan fingerprint density at radius 2 is 2.07 bits per heavy atom. The van der Waals surface area contributed by atoms with Crippen molar-refractivity contribution in [3.8, 4) is 0 Å². The van der Waals surface area contributed by atoms with Crippen molar-refractivity contribution >= 4 is 11.6 Å². The number of nitrogens with one attached hydrogen (secondary N) is 2. The van der Waals surface area contributed by atoms with Crippen molar-refractivity contribution in [2.45, 2.75) is 33.2 Å². The average molecular weight is 196 g/mol. The van der Waals surface area contributed by atoms with E-state index in [2.05, 4.69) is 15.5 Å². The minimum atomic E-state index is -0.281. The fourth-order valence-corrected chi connectivity index (χ4v) is 1.01. The van der Waals surface area contributed by atoms with Gasteiger partial charge in [0.25, 0.3) is 5.91 Å². The summed E-state index contributed by atoms with van der Waals surface area (Å²) in [5.41, 5.74) is 6.77. The van der Waals surface area contributed by atoms with Gasteiger partial charge in [0, 0.05) is 5.54 Å². The maximum absolute atomic E-state index is 11.6. The van der Waals surface area contributed by atoms with Gasteiger partial charge in [0.1, 0.15) is 0 Å². The summed E-state index contributed by atoms with van der Waals surface area (Å²) in [6.45, 7) is 7.48. The van der Waals surface area contributed by atoms with E-state index in [1.54, 1.807) is 6.92 Å². The van der Waals surface area contributed by atoms with Crippen LogP contribution in [-0.4, -0.2) is 21.6 Å². The van der Waals surface area contributed by atoms with Crippen molar-refractivity contribution in [3.05, 3.63) is 11.4 Å². The lowest BCUT2D eigenvalue weighted by molar-refractivity contribution is 0.0915. The molecule has 0 aliphatic rings. The summed E-state index contributed by atoms with van der Waals surface area (Å²) in [5, 5.41) is 9.29. The molecular formula is C9H16N4O. The van der Waals surface area contributed by atoms with Gasteiger partial charge in [-0.15, -0.1) is 0 Å². The second kappa shape index (κ2) is 3.32. The third-order valence-electron chi connectivity index (χ3n) is 1.70. The molecule has 78 valence electrons. The van der Waals surface area contributed by atoms with E-state index >= 15 is 0 Å². The number of nitrogens with two attached hydrogens (primary N) is 1. The van der Waals surface area contributed by atoms with Crippen LogP contribution in [0.5, 0.6) is 0 Å². The molecule has 0 saturated carbocycles. The molecule has 0 atom stereocenters. The molecule has 0 aliphatic carbocycles. The summed E-state index contributed by atoms with van der Waals surface area (Å²) in [7, 11) is 0. The quantitative estimate of drug-likeness (QED) is 0.622. The zero-order chi connectivity index (χ0) is 10.9. The largest absolute Gasteiger partial charge is 0.395 e. The Kier molecular flexibility index (Phi) is 2.51. The predicted molar refractivity (Wildman–Crippen MR) is 55.0 cm³/mol. The Hall–Kier alpha value is -1.52. The van der Waals surface area contributed by atoms with Gasteiger partial charge in [0.2, 0.25) is 0 Å². The van der Waals surface area contributed by atoms with Crippen LogP contribution in [0.25, 0.3) is 0 Å². The van der Waals surface area contributed by atoms with Gasteiger partial charge in [-0.3, -0.25) is 9.89 Å². The van der Waals surface area contributed by atoms with Crippen LogP contribution in [0.3, 0.4) is 0 Å². The third-order valence-corrected chi connectivity index (χ3v) is 1.70. The van der Waals surface area contributed by atoms with Gasteiger partial charge in [-0.25, -0.2) is 0 Å². The van der Waals surface area contributed by atoms with Gasteiger partial charge in [-0.2, -0.15) is 5.10 Å². The summed E-state index contributed by atoms with van der Waals surface area (Å²) < 4.78 is 0.